The van der Waals surface area contributed by atoms with Gasteiger partial charge in [0.1, 0.15) is 12.4 Å². The maximum atomic E-state index is 6.29. The van der Waals surface area contributed by atoms with Crippen molar-refractivity contribution in [3.05, 3.63) is 28.8 Å². The second-order valence-corrected chi connectivity index (χ2v) is 5.18. The normalized spacial score (nSPS) is 12.4. The number of hydrogen-bond acceptors (Lipinski definition) is 4. The molecule has 0 heterocycles. The number of rotatable bonds is 11. The first-order chi connectivity index (χ1) is 10.2. The van der Waals surface area contributed by atoms with Crippen LogP contribution in [0.25, 0.3) is 0 Å². The first-order valence-corrected chi connectivity index (χ1v) is 7.79. The van der Waals surface area contributed by atoms with Gasteiger partial charge in [-0.2, -0.15) is 0 Å². The Labute approximate surface area is 132 Å². The van der Waals surface area contributed by atoms with E-state index in [-0.39, 0.29) is 6.04 Å². The first-order valence-electron chi connectivity index (χ1n) is 7.41. The predicted molar refractivity (Wildman–Crippen MR) is 86.4 cm³/mol. The molecular weight excluding hydrogens is 290 g/mol. The third-order valence-corrected chi connectivity index (χ3v) is 3.41. The summed E-state index contributed by atoms with van der Waals surface area (Å²) in [6, 6.07) is 6.04. The summed E-state index contributed by atoms with van der Waals surface area (Å²) < 4.78 is 16.0. The molecule has 5 heteroatoms. The van der Waals surface area contributed by atoms with Gasteiger partial charge in [-0.05, 0) is 37.6 Å². The minimum Gasteiger partial charge on any atom is -0.491 e. The summed E-state index contributed by atoms with van der Waals surface area (Å²) in [5.41, 5.74) is 1.08. The SMILES string of the molecule is CCNC(C)c1ccc(OCCOCCCOC)cc1Cl. The van der Waals surface area contributed by atoms with E-state index in [4.69, 9.17) is 25.8 Å². The lowest BCUT2D eigenvalue weighted by Gasteiger charge is -2.15. The van der Waals surface area contributed by atoms with Crippen molar-refractivity contribution in [1.29, 1.82) is 0 Å². The largest absolute Gasteiger partial charge is 0.491 e. The van der Waals surface area contributed by atoms with Crippen molar-refractivity contribution in [2.75, 3.05) is 40.1 Å². The molecule has 21 heavy (non-hydrogen) atoms. The zero-order chi connectivity index (χ0) is 15.5. The van der Waals surface area contributed by atoms with Gasteiger partial charge in [-0.3, -0.25) is 0 Å². The monoisotopic (exact) mass is 315 g/mol. The summed E-state index contributed by atoms with van der Waals surface area (Å²) in [6.07, 6.45) is 0.902. The van der Waals surface area contributed by atoms with E-state index in [0.29, 0.717) is 19.8 Å². The smallest absolute Gasteiger partial charge is 0.120 e. The highest BCUT2D eigenvalue weighted by Crippen LogP contribution is 2.27. The highest BCUT2D eigenvalue weighted by atomic mass is 35.5. The molecule has 0 spiro atoms. The Morgan fingerprint density at radius 2 is 2.00 bits per heavy atom. The van der Waals surface area contributed by atoms with Crippen LogP contribution in [0.5, 0.6) is 5.75 Å². The molecule has 0 aromatic heterocycles. The van der Waals surface area contributed by atoms with Gasteiger partial charge in [0, 0.05) is 31.4 Å². The molecule has 1 atom stereocenters. The Hall–Kier alpha value is -0.810. The molecule has 1 aromatic carbocycles. The zero-order valence-corrected chi connectivity index (χ0v) is 13.9. The van der Waals surface area contributed by atoms with Crippen LogP contribution in [0.1, 0.15) is 31.9 Å². The van der Waals surface area contributed by atoms with Gasteiger partial charge in [0.15, 0.2) is 0 Å². The van der Waals surface area contributed by atoms with Crippen LogP contribution in [0.4, 0.5) is 0 Å². The fourth-order valence-corrected chi connectivity index (χ4v) is 2.32. The lowest BCUT2D eigenvalue weighted by atomic mass is 10.1. The van der Waals surface area contributed by atoms with Crippen LogP contribution in [0.2, 0.25) is 5.02 Å². The maximum Gasteiger partial charge on any atom is 0.120 e. The number of hydrogen-bond donors (Lipinski definition) is 1. The van der Waals surface area contributed by atoms with Gasteiger partial charge in [-0.15, -0.1) is 0 Å². The highest BCUT2D eigenvalue weighted by Gasteiger charge is 2.09. The van der Waals surface area contributed by atoms with Crippen LogP contribution in [-0.4, -0.2) is 40.1 Å². The lowest BCUT2D eigenvalue weighted by molar-refractivity contribution is 0.0806. The average Bonchev–Trinajstić information content (AvgIpc) is 2.46. The summed E-state index contributed by atoms with van der Waals surface area (Å²) in [5.74, 6) is 0.771. The van der Waals surface area contributed by atoms with Crippen LogP contribution in [0.15, 0.2) is 18.2 Å². The van der Waals surface area contributed by atoms with E-state index >= 15 is 0 Å². The van der Waals surface area contributed by atoms with E-state index in [1.807, 2.05) is 18.2 Å². The van der Waals surface area contributed by atoms with E-state index in [1.165, 1.54) is 0 Å². The Morgan fingerprint density at radius 3 is 2.67 bits per heavy atom. The van der Waals surface area contributed by atoms with E-state index in [2.05, 4.69) is 19.2 Å². The molecule has 0 aliphatic rings. The molecule has 4 nitrogen and oxygen atoms in total. The number of methoxy groups -OCH3 is 1. The van der Waals surface area contributed by atoms with Crippen molar-refractivity contribution in [3.63, 3.8) is 0 Å². The van der Waals surface area contributed by atoms with Gasteiger partial charge in [-0.25, -0.2) is 0 Å². The summed E-state index contributed by atoms with van der Waals surface area (Å²) >= 11 is 6.29. The molecule has 1 rings (SSSR count). The molecule has 0 aliphatic heterocycles. The first kappa shape index (κ1) is 18.2. The van der Waals surface area contributed by atoms with Gasteiger partial charge >= 0.3 is 0 Å². The van der Waals surface area contributed by atoms with Crippen LogP contribution in [0.3, 0.4) is 0 Å². The Balaban J connectivity index is 2.31. The van der Waals surface area contributed by atoms with Crippen molar-refractivity contribution in [2.24, 2.45) is 0 Å². The molecule has 1 unspecified atom stereocenters. The maximum absolute atomic E-state index is 6.29. The zero-order valence-electron chi connectivity index (χ0n) is 13.2. The van der Waals surface area contributed by atoms with Crippen molar-refractivity contribution >= 4 is 11.6 Å². The fraction of sp³-hybridized carbons (Fsp3) is 0.625. The molecule has 0 bridgehead atoms. The van der Waals surface area contributed by atoms with E-state index in [0.717, 1.165) is 35.9 Å². The highest BCUT2D eigenvalue weighted by molar-refractivity contribution is 6.31. The molecule has 1 N–H and O–H groups in total. The fourth-order valence-electron chi connectivity index (χ4n) is 1.99. The minimum atomic E-state index is 0.237. The van der Waals surface area contributed by atoms with Crippen LogP contribution >= 0.6 is 11.6 Å². The minimum absolute atomic E-state index is 0.237. The van der Waals surface area contributed by atoms with Crippen molar-refractivity contribution in [3.8, 4) is 5.75 Å². The summed E-state index contributed by atoms with van der Waals surface area (Å²) in [7, 11) is 1.69. The molecule has 1 aromatic rings. The van der Waals surface area contributed by atoms with Gasteiger partial charge in [0.05, 0.1) is 6.61 Å². The molecule has 0 radical (unpaired) electrons. The second-order valence-electron chi connectivity index (χ2n) is 4.77. The van der Waals surface area contributed by atoms with Crippen molar-refractivity contribution in [2.45, 2.75) is 26.3 Å². The molecule has 0 amide bonds. The topological polar surface area (TPSA) is 39.7 Å². The molecule has 0 fully saturated rings. The Kier molecular flexibility index (Phi) is 9.42. The number of halogens is 1. The van der Waals surface area contributed by atoms with Gasteiger partial charge in [0.2, 0.25) is 0 Å². The number of nitrogens with one attached hydrogen (secondary N) is 1. The Bertz CT molecular complexity index is 401. The van der Waals surface area contributed by atoms with Gasteiger partial charge < -0.3 is 19.5 Å². The van der Waals surface area contributed by atoms with E-state index < -0.39 is 0 Å². The summed E-state index contributed by atoms with van der Waals surface area (Å²) in [6.45, 7) is 7.59. The summed E-state index contributed by atoms with van der Waals surface area (Å²) in [5, 5.41) is 4.07. The third kappa shape index (κ3) is 7.14. The van der Waals surface area contributed by atoms with Crippen LogP contribution in [0, 0.1) is 0 Å². The van der Waals surface area contributed by atoms with Gasteiger partial charge in [-0.1, -0.05) is 24.6 Å². The number of ether oxygens (including phenoxy) is 3. The second kappa shape index (κ2) is 10.9. The Morgan fingerprint density at radius 1 is 1.19 bits per heavy atom. The third-order valence-electron chi connectivity index (χ3n) is 3.08. The van der Waals surface area contributed by atoms with Crippen molar-refractivity contribution < 1.29 is 14.2 Å². The molecule has 0 aliphatic carbocycles. The molecular formula is C16H26ClNO3. The van der Waals surface area contributed by atoms with Gasteiger partial charge in [0.25, 0.3) is 0 Å². The standard InChI is InChI=1S/C16H26ClNO3/c1-4-18-13(2)15-7-6-14(12-16(15)17)21-11-10-20-9-5-8-19-3/h6-7,12-13,18H,4-5,8-11H2,1-3H3. The molecule has 0 saturated carbocycles. The lowest BCUT2D eigenvalue weighted by Crippen LogP contribution is -2.18. The quantitative estimate of drug-likeness (QED) is 0.635. The van der Waals surface area contributed by atoms with E-state index in [9.17, 15) is 0 Å². The summed E-state index contributed by atoms with van der Waals surface area (Å²) in [4.78, 5) is 0. The van der Waals surface area contributed by atoms with Crippen molar-refractivity contribution in [1.82, 2.24) is 5.32 Å². The average molecular weight is 316 g/mol. The number of benzene rings is 1. The van der Waals surface area contributed by atoms with E-state index in [1.54, 1.807) is 7.11 Å². The predicted octanol–water partition coefficient (Wildman–Crippen LogP) is 3.44. The molecule has 120 valence electrons. The van der Waals surface area contributed by atoms with Crippen LogP contribution in [-0.2, 0) is 9.47 Å². The molecule has 0 saturated heterocycles. The van der Waals surface area contributed by atoms with Crippen LogP contribution < -0.4 is 10.1 Å².